The second-order valence-electron chi connectivity index (χ2n) is 6.54. The van der Waals surface area contributed by atoms with E-state index in [1.165, 1.54) is 77.0 Å². The Kier molecular flexibility index (Phi) is 13.4. The molecule has 0 aliphatic heterocycles. The molecule has 0 aromatic rings. The van der Waals surface area contributed by atoms with Crippen LogP contribution < -0.4 is 0 Å². The minimum atomic E-state index is 0.888. The van der Waals surface area contributed by atoms with E-state index in [9.17, 15) is 0 Å². The number of rotatable bonds is 13. The van der Waals surface area contributed by atoms with E-state index < -0.39 is 0 Å². The normalized spacial score (nSPS) is 13.2. The quantitative estimate of drug-likeness (QED) is 0.311. The van der Waals surface area contributed by atoms with Crippen LogP contribution in [0, 0.1) is 11.8 Å². The fourth-order valence-corrected chi connectivity index (χ4v) is 2.72. The monoisotopic (exact) mass is 254 g/mol. The maximum Gasteiger partial charge on any atom is -0.0414 e. The Labute approximate surface area is 117 Å². The van der Waals surface area contributed by atoms with E-state index in [2.05, 4.69) is 27.7 Å². The van der Waals surface area contributed by atoms with Crippen molar-refractivity contribution in [3.8, 4) is 0 Å². The predicted octanol–water partition coefficient (Wildman–Crippen LogP) is 6.98. The minimum Gasteiger partial charge on any atom is -0.0654 e. The zero-order valence-corrected chi connectivity index (χ0v) is 13.6. The molecule has 18 heavy (non-hydrogen) atoms. The van der Waals surface area contributed by atoms with Crippen LogP contribution in [-0.2, 0) is 0 Å². The average Bonchev–Trinajstić information content (AvgIpc) is 2.35. The first-order chi connectivity index (χ1) is 8.70. The van der Waals surface area contributed by atoms with E-state index in [1.807, 2.05) is 0 Å². The smallest absolute Gasteiger partial charge is 0.0414 e. The number of unbranched alkanes of at least 4 members (excludes halogenated alkanes) is 6. The van der Waals surface area contributed by atoms with Gasteiger partial charge in [0.2, 0.25) is 0 Å². The van der Waals surface area contributed by atoms with E-state index in [0.717, 1.165) is 11.8 Å². The Balaban J connectivity index is 3.66. The van der Waals surface area contributed by atoms with Crippen molar-refractivity contribution in [1.29, 1.82) is 0 Å². The molecule has 0 heterocycles. The highest BCUT2D eigenvalue weighted by Gasteiger charge is 2.09. The van der Waals surface area contributed by atoms with E-state index in [0.29, 0.717) is 0 Å². The fraction of sp³-hybridized carbons (Fsp3) is 1.00. The number of hydrogen-bond donors (Lipinski definition) is 0. The molecule has 0 fully saturated rings. The first kappa shape index (κ1) is 18.0. The van der Waals surface area contributed by atoms with Crippen LogP contribution >= 0.6 is 0 Å². The molecular weight excluding hydrogens is 216 g/mol. The van der Waals surface area contributed by atoms with Crippen LogP contribution in [0.5, 0.6) is 0 Å². The summed E-state index contributed by atoms with van der Waals surface area (Å²) in [6, 6.07) is 0. The molecule has 1 atom stereocenters. The van der Waals surface area contributed by atoms with Crippen molar-refractivity contribution < 1.29 is 0 Å². The van der Waals surface area contributed by atoms with Crippen molar-refractivity contribution in [2.24, 2.45) is 11.8 Å². The van der Waals surface area contributed by atoms with Crippen molar-refractivity contribution in [1.82, 2.24) is 0 Å². The molecule has 0 nitrogen and oxygen atoms in total. The van der Waals surface area contributed by atoms with Gasteiger partial charge < -0.3 is 0 Å². The van der Waals surface area contributed by atoms with Crippen LogP contribution in [0.25, 0.3) is 0 Å². The van der Waals surface area contributed by atoms with Gasteiger partial charge >= 0.3 is 0 Å². The molecule has 0 aliphatic carbocycles. The zero-order chi connectivity index (χ0) is 13.6. The molecule has 110 valence electrons. The highest BCUT2D eigenvalue weighted by molar-refractivity contribution is 4.62. The summed E-state index contributed by atoms with van der Waals surface area (Å²) in [5.74, 6) is 1.92. The second-order valence-corrected chi connectivity index (χ2v) is 6.54. The molecule has 1 unspecified atom stereocenters. The first-order valence-electron chi connectivity index (χ1n) is 8.70. The molecular formula is C18H38. The van der Waals surface area contributed by atoms with Crippen LogP contribution in [-0.4, -0.2) is 0 Å². The third-order valence-electron chi connectivity index (χ3n) is 4.08. The van der Waals surface area contributed by atoms with Crippen LogP contribution in [0.3, 0.4) is 0 Å². The van der Waals surface area contributed by atoms with Gasteiger partial charge in [-0.05, 0) is 11.8 Å². The van der Waals surface area contributed by atoms with Crippen LogP contribution in [0.2, 0.25) is 0 Å². The molecule has 0 N–H and O–H groups in total. The van der Waals surface area contributed by atoms with Gasteiger partial charge in [-0.3, -0.25) is 0 Å². The van der Waals surface area contributed by atoms with Gasteiger partial charge in [0.1, 0.15) is 0 Å². The topological polar surface area (TPSA) is 0 Å². The zero-order valence-electron chi connectivity index (χ0n) is 13.6. The summed E-state index contributed by atoms with van der Waals surface area (Å²) in [5.41, 5.74) is 0. The number of hydrogen-bond acceptors (Lipinski definition) is 0. The molecule has 0 radical (unpaired) electrons. The summed E-state index contributed by atoms with van der Waals surface area (Å²) >= 11 is 0. The van der Waals surface area contributed by atoms with Gasteiger partial charge in [-0.15, -0.1) is 0 Å². The molecule has 0 aromatic heterocycles. The van der Waals surface area contributed by atoms with Gasteiger partial charge in [0.25, 0.3) is 0 Å². The third kappa shape index (κ3) is 12.5. The molecule has 0 spiro atoms. The predicted molar refractivity (Wildman–Crippen MR) is 85.1 cm³/mol. The maximum absolute atomic E-state index is 2.37. The summed E-state index contributed by atoms with van der Waals surface area (Å²) in [7, 11) is 0. The Hall–Kier alpha value is 0. The molecule has 0 aromatic carbocycles. The molecule has 0 saturated heterocycles. The third-order valence-corrected chi connectivity index (χ3v) is 4.08. The molecule has 0 bridgehead atoms. The van der Waals surface area contributed by atoms with Crippen LogP contribution in [0.4, 0.5) is 0 Å². The Morgan fingerprint density at radius 3 is 1.61 bits per heavy atom. The molecule has 0 amide bonds. The van der Waals surface area contributed by atoms with Crippen molar-refractivity contribution >= 4 is 0 Å². The van der Waals surface area contributed by atoms with E-state index in [4.69, 9.17) is 0 Å². The minimum absolute atomic E-state index is 0.888. The Morgan fingerprint density at radius 2 is 1.06 bits per heavy atom. The highest BCUT2D eigenvalue weighted by atomic mass is 14.1. The fourth-order valence-electron chi connectivity index (χ4n) is 2.72. The molecule has 0 heteroatoms. The summed E-state index contributed by atoms with van der Waals surface area (Å²) in [6.45, 7) is 9.35. The van der Waals surface area contributed by atoms with Gasteiger partial charge in [0.15, 0.2) is 0 Å². The summed E-state index contributed by atoms with van der Waals surface area (Å²) in [6.07, 6.45) is 17.4. The Bertz CT molecular complexity index is 148. The molecule has 0 aliphatic rings. The van der Waals surface area contributed by atoms with Crippen molar-refractivity contribution in [2.75, 3.05) is 0 Å². The van der Waals surface area contributed by atoms with Gasteiger partial charge in [0.05, 0.1) is 0 Å². The van der Waals surface area contributed by atoms with Gasteiger partial charge in [-0.2, -0.15) is 0 Å². The molecule has 0 rings (SSSR count). The largest absolute Gasteiger partial charge is 0.0654 e. The van der Waals surface area contributed by atoms with Gasteiger partial charge in [0, 0.05) is 0 Å². The lowest BCUT2D eigenvalue weighted by Crippen LogP contribution is -2.03. The summed E-state index contributed by atoms with van der Waals surface area (Å²) < 4.78 is 0. The SMILES string of the molecule is CCCCCCCC(CCCCC)CCC(C)C. The van der Waals surface area contributed by atoms with Crippen LogP contribution in [0.15, 0.2) is 0 Å². The lowest BCUT2D eigenvalue weighted by atomic mass is 9.88. The maximum atomic E-state index is 2.37. The van der Waals surface area contributed by atoms with Crippen molar-refractivity contribution in [3.63, 3.8) is 0 Å². The van der Waals surface area contributed by atoms with Crippen molar-refractivity contribution in [2.45, 2.75) is 105 Å². The lowest BCUT2D eigenvalue weighted by molar-refractivity contribution is 0.354. The Morgan fingerprint density at radius 1 is 0.556 bits per heavy atom. The second kappa shape index (κ2) is 13.4. The highest BCUT2D eigenvalue weighted by Crippen LogP contribution is 2.24. The summed E-state index contributed by atoms with van der Waals surface area (Å²) in [4.78, 5) is 0. The van der Waals surface area contributed by atoms with Crippen molar-refractivity contribution in [3.05, 3.63) is 0 Å². The van der Waals surface area contributed by atoms with Gasteiger partial charge in [-0.25, -0.2) is 0 Å². The lowest BCUT2D eigenvalue weighted by Gasteiger charge is -2.18. The van der Waals surface area contributed by atoms with Gasteiger partial charge in [-0.1, -0.05) is 105 Å². The first-order valence-corrected chi connectivity index (χ1v) is 8.70. The summed E-state index contributed by atoms with van der Waals surface area (Å²) in [5, 5.41) is 0. The van der Waals surface area contributed by atoms with E-state index in [1.54, 1.807) is 0 Å². The van der Waals surface area contributed by atoms with E-state index in [-0.39, 0.29) is 0 Å². The average molecular weight is 255 g/mol. The van der Waals surface area contributed by atoms with E-state index >= 15 is 0 Å². The van der Waals surface area contributed by atoms with Crippen LogP contribution in [0.1, 0.15) is 105 Å². The standard InChI is InChI=1S/C18H38/c1-5-7-9-10-12-14-18(13-11-8-6-2)16-15-17(3)4/h17-18H,5-16H2,1-4H3. The molecule has 0 saturated carbocycles.